The zero-order valence-electron chi connectivity index (χ0n) is 18.8. The Morgan fingerprint density at radius 3 is 2.53 bits per heavy atom. The molecule has 0 saturated carbocycles. The van der Waals surface area contributed by atoms with Crippen LogP contribution in [0.2, 0.25) is 0 Å². The number of nitrogens with zero attached hydrogens (tertiary/aromatic N) is 2. The second kappa shape index (κ2) is 8.90. The Bertz CT molecular complexity index is 940. The molecule has 0 fully saturated rings. The normalized spacial score (nSPS) is 14.6. The Labute approximate surface area is 180 Å². The third-order valence-electron chi connectivity index (χ3n) is 5.31. The quantitative estimate of drug-likeness (QED) is 0.563. The molecule has 2 aromatic carbocycles. The van der Waals surface area contributed by atoms with Crippen molar-refractivity contribution in [3.63, 3.8) is 0 Å². The lowest BCUT2D eigenvalue weighted by Crippen LogP contribution is -2.32. The van der Waals surface area contributed by atoms with Crippen LogP contribution in [0.25, 0.3) is 0 Å². The summed E-state index contributed by atoms with van der Waals surface area (Å²) in [5.74, 6) is 0.924. The van der Waals surface area contributed by atoms with E-state index in [0.717, 1.165) is 36.4 Å². The Kier molecular flexibility index (Phi) is 6.49. The van der Waals surface area contributed by atoms with E-state index >= 15 is 0 Å². The molecular formula is C25H34N4O. The van der Waals surface area contributed by atoms with E-state index in [-0.39, 0.29) is 5.91 Å². The number of hydrogen-bond acceptors (Lipinski definition) is 3. The van der Waals surface area contributed by atoms with Crippen LogP contribution in [0.5, 0.6) is 0 Å². The van der Waals surface area contributed by atoms with Crippen molar-refractivity contribution in [3.8, 4) is 0 Å². The first kappa shape index (κ1) is 21.9. The predicted octanol–water partition coefficient (Wildman–Crippen LogP) is 4.60. The molecule has 30 heavy (non-hydrogen) atoms. The Hall–Kier alpha value is -2.82. The molecule has 0 bridgehead atoms. The summed E-state index contributed by atoms with van der Waals surface area (Å²) in [6, 6.07) is 14.6. The van der Waals surface area contributed by atoms with E-state index in [1.165, 1.54) is 11.1 Å². The van der Waals surface area contributed by atoms with Crippen LogP contribution in [0, 0.1) is 11.3 Å². The smallest absolute Gasteiger partial charge is 0.229 e. The molecule has 160 valence electrons. The van der Waals surface area contributed by atoms with Crippen LogP contribution in [0.15, 0.2) is 47.5 Å². The van der Waals surface area contributed by atoms with Crippen molar-refractivity contribution >= 4 is 23.1 Å². The van der Waals surface area contributed by atoms with Crippen molar-refractivity contribution in [2.45, 2.75) is 47.6 Å². The standard InChI is InChI=1S/C25H34N4O/c1-17(2)15-27-23(26)21-14-20(28-24(30)25(3,4)5)10-11-22(21)29-13-12-18-8-6-7-9-19(18)16-29/h6-11,14,17H,12-13,15-16H2,1-5H3,(H2,26,27)(H,28,30). The molecule has 0 atom stereocenters. The minimum absolute atomic E-state index is 0.0224. The largest absolute Gasteiger partial charge is 0.383 e. The highest BCUT2D eigenvalue weighted by molar-refractivity contribution is 6.04. The highest BCUT2D eigenvalue weighted by atomic mass is 16.2. The summed E-state index contributed by atoms with van der Waals surface area (Å²) in [5.41, 5.74) is 11.4. The maximum absolute atomic E-state index is 12.5. The number of aliphatic imine (C=N–C) groups is 1. The minimum atomic E-state index is -0.466. The van der Waals surface area contributed by atoms with Gasteiger partial charge in [0.25, 0.3) is 0 Å². The summed E-state index contributed by atoms with van der Waals surface area (Å²) in [6.45, 7) is 12.4. The molecule has 0 aromatic heterocycles. The lowest BCUT2D eigenvalue weighted by Gasteiger charge is -2.32. The third-order valence-corrected chi connectivity index (χ3v) is 5.31. The first-order valence-electron chi connectivity index (χ1n) is 10.7. The van der Waals surface area contributed by atoms with Crippen molar-refractivity contribution in [2.24, 2.45) is 22.1 Å². The van der Waals surface area contributed by atoms with Gasteiger partial charge in [0.15, 0.2) is 0 Å². The molecule has 0 aliphatic carbocycles. The number of nitrogens with two attached hydrogens (primary N) is 1. The van der Waals surface area contributed by atoms with Gasteiger partial charge in [0.1, 0.15) is 5.84 Å². The van der Waals surface area contributed by atoms with E-state index in [1.807, 2.05) is 32.9 Å². The molecule has 3 rings (SSSR count). The lowest BCUT2D eigenvalue weighted by atomic mass is 9.95. The van der Waals surface area contributed by atoms with Gasteiger partial charge >= 0.3 is 0 Å². The van der Waals surface area contributed by atoms with Crippen LogP contribution in [-0.4, -0.2) is 24.8 Å². The fourth-order valence-corrected chi connectivity index (χ4v) is 3.48. The lowest BCUT2D eigenvalue weighted by molar-refractivity contribution is -0.123. The van der Waals surface area contributed by atoms with Gasteiger partial charge in [0.05, 0.1) is 0 Å². The summed E-state index contributed by atoms with van der Waals surface area (Å²) < 4.78 is 0. The zero-order valence-corrected chi connectivity index (χ0v) is 18.8. The number of nitrogens with one attached hydrogen (secondary N) is 1. The van der Waals surface area contributed by atoms with E-state index in [1.54, 1.807) is 0 Å². The van der Waals surface area contributed by atoms with Crippen LogP contribution in [0.4, 0.5) is 11.4 Å². The van der Waals surface area contributed by atoms with Crippen molar-refractivity contribution in [2.75, 3.05) is 23.3 Å². The Balaban J connectivity index is 1.95. The highest BCUT2D eigenvalue weighted by Crippen LogP contribution is 2.30. The molecule has 1 aliphatic heterocycles. The van der Waals surface area contributed by atoms with Gasteiger partial charge in [-0.05, 0) is 41.7 Å². The zero-order chi connectivity index (χ0) is 21.9. The second-order valence-corrected chi connectivity index (χ2v) is 9.50. The number of carbonyl (C=O) groups excluding carboxylic acids is 1. The van der Waals surface area contributed by atoms with Crippen LogP contribution in [-0.2, 0) is 17.8 Å². The van der Waals surface area contributed by atoms with Crippen molar-refractivity contribution in [1.82, 2.24) is 0 Å². The first-order valence-corrected chi connectivity index (χ1v) is 10.7. The van der Waals surface area contributed by atoms with E-state index in [2.05, 4.69) is 59.4 Å². The van der Waals surface area contributed by atoms with Crippen LogP contribution in [0.3, 0.4) is 0 Å². The number of amidine groups is 1. The molecule has 1 amide bonds. The number of carbonyl (C=O) groups is 1. The second-order valence-electron chi connectivity index (χ2n) is 9.50. The molecule has 1 aliphatic rings. The molecule has 3 N–H and O–H groups in total. The van der Waals surface area contributed by atoms with E-state index in [4.69, 9.17) is 5.73 Å². The van der Waals surface area contributed by atoms with Gasteiger partial charge in [0.2, 0.25) is 5.91 Å². The number of hydrogen-bond donors (Lipinski definition) is 2. The highest BCUT2D eigenvalue weighted by Gasteiger charge is 2.23. The Morgan fingerprint density at radius 1 is 1.17 bits per heavy atom. The summed E-state index contributed by atoms with van der Waals surface area (Å²) in [4.78, 5) is 19.4. The van der Waals surface area contributed by atoms with Crippen molar-refractivity contribution < 1.29 is 4.79 Å². The Morgan fingerprint density at radius 2 is 1.87 bits per heavy atom. The summed E-state index contributed by atoms with van der Waals surface area (Å²) >= 11 is 0. The molecule has 1 heterocycles. The van der Waals surface area contributed by atoms with Gasteiger partial charge in [-0.2, -0.15) is 0 Å². The van der Waals surface area contributed by atoms with Gasteiger partial charge in [-0.3, -0.25) is 9.79 Å². The predicted molar refractivity (Wildman–Crippen MR) is 126 cm³/mol. The maximum Gasteiger partial charge on any atom is 0.229 e. The van der Waals surface area contributed by atoms with Crippen molar-refractivity contribution in [1.29, 1.82) is 0 Å². The molecule has 0 spiro atoms. The third kappa shape index (κ3) is 5.21. The van der Waals surface area contributed by atoms with Gasteiger partial charge < -0.3 is 16.0 Å². The number of benzene rings is 2. The van der Waals surface area contributed by atoms with Gasteiger partial charge in [0, 0.05) is 42.0 Å². The summed E-state index contributed by atoms with van der Waals surface area (Å²) in [5, 5.41) is 3.02. The maximum atomic E-state index is 12.5. The van der Waals surface area contributed by atoms with Crippen molar-refractivity contribution in [3.05, 3.63) is 59.2 Å². The fraction of sp³-hybridized carbons (Fsp3) is 0.440. The molecular weight excluding hydrogens is 372 g/mol. The van der Waals surface area contributed by atoms with Gasteiger partial charge in [-0.1, -0.05) is 58.9 Å². The van der Waals surface area contributed by atoms with Crippen LogP contribution in [0.1, 0.15) is 51.3 Å². The summed E-state index contributed by atoms with van der Waals surface area (Å²) in [6.07, 6.45) is 1.00. The minimum Gasteiger partial charge on any atom is -0.383 e. The number of rotatable bonds is 5. The molecule has 0 radical (unpaired) electrons. The first-order chi connectivity index (χ1) is 14.1. The molecule has 2 aromatic rings. The molecule has 0 unspecified atom stereocenters. The topological polar surface area (TPSA) is 70.7 Å². The summed E-state index contributed by atoms with van der Waals surface area (Å²) in [7, 11) is 0. The number of amides is 1. The average molecular weight is 407 g/mol. The van der Waals surface area contributed by atoms with Gasteiger partial charge in [-0.15, -0.1) is 0 Å². The monoisotopic (exact) mass is 406 g/mol. The van der Waals surface area contributed by atoms with Gasteiger partial charge in [-0.25, -0.2) is 0 Å². The molecule has 5 heteroatoms. The van der Waals surface area contributed by atoms with E-state index in [9.17, 15) is 4.79 Å². The number of fused-ring (bicyclic) bond motifs is 1. The van der Waals surface area contributed by atoms with Crippen LogP contribution >= 0.6 is 0 Å². The van der Waals surface area contributed by atoms with E-state index < -0.39 is 5.41 Å². The van der Waals surface area contributed by atoms with Crippen LogP contribution < -0.4 is 16.0 Å². The molecule has 0 saturated heterocycles. The SMILES string of the molecule is CC(C)CN=C(N)c1cc(NC(=O)C(C)(C)C)ccc1N1CCc2ccccc2C1. The van der Waals surface area contributed by atoms with E-state index in [0.29, 0.717) is 18.3 Å². The average Bonchev–Trinajstić information content (AvgIpc) is 2.70. The fourth-order valence-electron chi connectivity index (χ4n) is 3.48. The molecule has 5 nitrogen and oxygen atoms in total. The number of anilines is 2.